The number of imide groups is 2. The molecule has 0 unspecified atom stereocenters. The van der Waals surface area contributed by atoms with Crippen molar-refractivity contribution >= 4 is 52.1 Å². The third kappa shape index (κ3) is 7.20. The van der Waals surface area contributed by atoms with Gasteiger partial charge in [-0.05, 0) is 86.9 Å². The van der Waals surface area contributed by atoms with Crippen LogP contribution in [0.4, 0.5) is 11.6 Å². The van der Waals surface area contributed by atoms with Gasteiger partial charge in [0.25, 0.3) is 23.6 Å². The normalized spacial score (nSPS) is 23.8. The summed E-state index contributed by atoms with van der Waals surface area (Å²) in [6, 6.07) is 13.2. The molecule has 4 aliphatic heterocycles. The molecule has 302 valence electrons. The van der Waals surface area contributed by atoms with Crippen molar-refractivity contribution in [1.82, 2.24) is 29.7 Å². The van der Waals surface area contributed by atoms with Crippen molar-refractivity contribution in [2.75, 3.05) is 55.6 Å². The van der Waals surface area contributed by atoms with E-state index in [1.807, 2.05) is 12.1 Å². The number of hydrogen-bond acceptors (Lipinski definition) is 13. The Kier molecular flexibility index (Phi) is 10.1. The van der Waals surface area contributed by atoms with E-state index in [1.54, 1.807) is 36.5 Å². The van der Waals surface area contributed by atoms with E-state index < -0.39 is 29.7 Å². The van der Waals surface area contributed by atoms with Crippen LogP contribution in [-0.2, 0) is 9.59 Å². The Hall–Kier alpha value is -6.47. The van der Waals surface area contributed by atoms with Gasteiger partial charge in [-0.15, -0.1) is 0 Å². The number of likely N-dealkylation sites (tertiary alicyclic amines) is 1. The van der Waals surface area contributed by atoms with Gasteiger partial charge in [0.2, 0.25) is 11.9 Å². The molecule has 59 heavy (non-hydrogen) atoms. The number of nitrogens with two attached hydrogens (primary N) is 1. The minimum absolute atomic E-state index is 0.0662. The number of rotatable bonds is 9. The number of amides is 5. The predicted octanol–water partition coefficient (Wildman–Crippen LogP) is 3.15. The van der Waals surface area contributed by atoms with Crippen LogP contribution in [0.5, 0.6) is 5.75 Å². The number of piperazine rings is 1. The number of nitriles is 1. The zero-order chi connectivity index (χ0) is 40.8. The summed E-state index contributed by atoms with van der Waals surface area (Å²) in [6.07, 6.45) is 7.86. The van der Waals surface area contributed by atoms with Crippen LogP contribution in [0, 0.1) is 17.2 Å². The van der Waals surface area contributed by atoms with Gasteiger partial charge in [-0.2, -0.15) is 5.26 Å². The lowest BCUT2D eigenvalue weighted by atomic mass is 9.89. The number of carbonyl (C=O) groups is 5. The molecule has 5 amide bonds. The van der Waals surface area contributed by atoms with Gasteiger partial charge < -0.3 is 20.3 Å². The maximum atomic E-state index is 14.1. The SMILES string of the molecule is N#Cc1ccc(OC2CCC(N3C(=O)CC[C@H](N4C(=O)c5ccc(N6CCN(C[C@@H]7CCN(c8ncc(C(N)=O)cn8)C7)CC6)cc5C4=O)C3=O)CC2)c2cccnc12. The van der Waals surface area contributed by atoms with Crippen LogP contribution in [0.3, 0.4) is 0 Å². The maximum Gasteiger partial charge on any atom is 0.262 e. The third-order valence-corrected chi connectivity index (χ3v) is 12.5. The highest BCUT2D eigenvalue weighted by molar-refractivity contribution is 6.23. The summed E-state index contributed by atoms with van der Waals surface area (Å²) in [5.74, 6) is -0.657. The van der Waals surface area contributed by atoms with Crippen molar-refractivity contribution in [2.45, 2.75) is 63.1 Å². The van der Waals surface area contributed by atoms with E-state index in [9.17, 15) is 29.2 Å². The lowest BCUT2D eigenvalue weighted by molar-refractivity contribution is -0.155. The van der Waals surface area contributed by atoms with Crippen molar-refractivity contribution in [3.05, 3.63) is 83.3 Å². The van der Waals surface area contributed by atoms with Crippen molar-refractivity contribution in [3.63, 3.8) is 0 Å². The highest BCUT2D eigenvalue weighted by Crippen LogP contribution is 2.36. The molecule has 2 atom stereocenters. The maximum absolute atomic E-state index is 14.1. The van der Waals surface area contributed by atoms with Crippen LogP contribution in [0.15, 0.2) is 61.1 Å². The summed E-state index contributed by atoms with van der Waals surface area (Å²) in [6.45, 7) is 5.81. The van der Waals surface area contributed by atoms with E-state index in [4.69, 9.17) is 10.5 Å². The molecule has 3 saturated heterocycles. The quantitative estimate of drug-likeness (QED) is 0.243. The van der Waals surface area contributed by atoms with Crippen LogP contribution in [0.2, 0.25) is 0 Å². The van der Waals surface area contributed by atoms with Crippen molar-refractivity contribution in [1.29, 1.82) is 5.26 Å². The number of fused-ring (bicyclic) bond motifs is 2. The first-order chi connectivity index (χ1) is 28.7. The third-order valence-electron chi connectivity index (χ3n) is 12.5. The zero-order valence-corrected chi connectivity index (χ0v) is 32.5. The van der Waals surface area contributed by atoms with E-state index in [1.165, 1.54) is 17.3 Å². The van der Waals surface area contributed by atoms with E-state index in [-0.39, 0.29) is 47.6 Å². The second-order valence-electron chi connectivity index (χ2n) is 16.1. The lowest BCUT2D eigenvalue weighted by Crippen LogP contribution is -2.59. The summed E-state index contributed by atoms with van der Waals surface area (Å²) in [7, 11) is 0. The molecule has 0 radical (unpaired) electrons. The number of nitrogens with zero attached hydrogens (tertiary/aromatic N) is 9. The molecule has 0 spiro atoms. The Morgan fingerprint density at radius 2 is 1.59 bits per heavy atom. The van der Waals surface area contributed by atoms with Gasteiger partial charge in [0.1, 0.15) is 17.9 Å². The second-order valence-corrected chi connectivity index (χ2v) is 16.1. The number of pyridine rings is 1. The van der Waals surface area contributed by atoms with Crippen LogP contribution < -0.4 is 20.3 Å². The molecule has 9 rings (SSSR count). The molecular weight excluding hydrogens is 753 g/mol. The van der Waals surface area contributed by atoms with Gasteiger partial charge in [-0.25, -0.2) is 9.97 Å². The van der Waals surface area contributed by atoms with Crippen LogP contribution in [0.25, 0.3) is 10.9 Å². The van der Waals surface area contributed by atoms with Gasteiger partial charge in [0.05, 0.1) is 33.9 Å². The number of carbonyl (C=O) groups excluding carboxylic acids is 5. The van der Waals surface area contributed by atoms with E-state index in [0.717, 1.165) is 68.2 Å². The molecule has 2 aromatic heterocycles. The lowest BCUT2D eigenvalue weighted by Gasteiger charge is -2.41. The van der Waals surface area contributed by atoms with Crippen LogP contribution >= 0.6 is 0 Å². The van der Waals surface area contributed by atoms with E-state index in [0.29, 0.717) is 54.4 Å². The van der Waals surface area contributed by atoms with E-state index in [2.05, 4.69) is 35.7 Å². The van der Waals surface area contributed by atoms with Crippen molar-refractivity contribution in [3.8, 4) is 11.8 Å². The molecule has 5 aliphatic rings. The second kappa shape index (κ2) is 15.7. The number of aromatic nitrogens is 3. The molecule has 4 fully saturated rings. The molecule has 16 nitrogen and oxygen atoms in total. The Labute approximate surface area is 340 Å². The van der Waals surface area contributed by atoms with Gasteiger partial charge in [0.15, 0.2) is 0 Å². The molecule has 1 aliphatic carbocycles. The molecule has 1 saturated carbocycles. The summed E-state index contributed by atoms with van der Waals surface area (Å²) < 4.78 is 6.38. The standard InChI is InChI=1S/C43H44N10O6/c44-21-27-3-11-36(33-2-1-14-46-38(27)33)59-31-7-4-29(5-8-31)52-37(54)12-10-35(42(52)58)53-40(56)32-9-6-30(20-34(32)41(53)57)50-18-16-49(17-19-50)24-26-13-15-51(25-26)43-47-22-28(23-48-43)39(45)55/h1-3,6,9,11,14,20,22-23,26,29,31,35H,4-5,7-8,10,12-13,15-19,24-25H2,(H2,45,55)/t26-,29?,31?,35-/m0/s1. The van der Waals surface area contributed by atoms with Crippen molar-refractivity contribution < 1.29 is 28.7 Å². The summed E-state index contributed by atoms with van der Waals surface area (Å²) >= 11 is 0. The smallest absolute Gasteiger partial charge is 0.262 e. The number of primary amides is 1. The first kappa shape index (κ1) is 38.1. The molecule has 6 heterocycles. The fourth-order valence-electron chi connectivity index (χ4n) is 9.41. The Morgan fingerprint density at radius 3 is 2.34 bits per heavy atom. The Morgan fingerprint density at radius 1 is 0.831 bits per heavy atom. The Balaban J connectivity index is 0.795. The highest BCUT2D eigenvalue weighted by atomic mass is 16.5. The topological polar surface area (TPSA) is 199 Å². The van der Waals surface area contributed by atoms with Gasteiger partial charge >= 0.3 is 0 Å². The summed E-state index contributed by atoms with van der Waals surface area (Å²) in [5, 5.41) is 10.3. The number of benzene rings is 2. The number of ether oxygens (including phenoxy) is 1. The largest absolute Gasteiger partial charge is 0.490 e. The van der Waals surface area contributed by atoms with Crippen LogP contribution in [0.1, 0.15) is 81.6 Å². The molecule has 2 N–H and O–H groups in total. The van der Waals surface area contributed by atoms with Crippen LogP contribution in [-0.4, -0.2) is 123 Å². The Bertz CT molecular complexity index is 2380. The first-order valence-corrected chi connectivity index (χ1v) is 20.3. The summed E-state index contributed by atoms with van der Waals surface area (Å²) in [4.78, 5) is 88.7. The van der Waals surface area contributed by atoms with E-state index >= 15 is 0 Å². The van der Waals surface area contributed by atoms with Gasteiger partial charge in [0, 0.05) is 87.9 Å². The predicted molar refractivity (Wildman–Crippen MR) is 214 cm³/mol. The van der Waals surface area contributed by atoms with Crippen molar-refractivity contribution in [2.24, 2.45) is 11.7 Å². The van der Waals surface area contributed by atoms with Gasteiger partial charge in [-0.1, -0.05) is 0 Å². The highest BCUT2D eigenvalue weighted by Gasteiger charge is 2.49. The molecule has 4 aromatic rings. The number of anilines is 2. The molecule has 0 bridgehead atoms. The fraction of sp³-hybridized carbons (Fsp3) is 0.419. The zero-order valence-electron chi connectivity index (χ0n) is 32.5. The minimum atomic E-state index is -1.05. The number of piperidine rings is 1. The molecule has 2 aromatic carbocycles. The minimum Gasteiger partial charge on any atom is -0.490 e. The number of hydrogen-bond donors (Lipinski definition) is 1. The average Bonchev–Trinajstić information content (AvgIpc) is 3.83. The summed E-state index contributed by atoms with van der Waals surface area (Å²) in [5.41, 5.74) is 8.07. The molecular formula is C43H44N10O6. The monoisotopic (exact) mass is 796 g/mol. The first-order valence-electron chi connectivity index (χ1n) is 20.3. The average molecular weight is 797 g/mol. The fourth-order valence-corrected chi connectivity index (χ4v) is 9.41. The molecule has 16 heteroatoms. The van der Waals surface area contributed by atoms with Gasteiger partial charge in [-0.3, -0.25) is 43.7 Å².